The number of nitrogens with zero attached hydrogens (tertiary/aromatic N) is 2. The van der Waals surface area contributed by atoms with Crippen LogP contribution in [0.15, 0.2) is 10.2 Å². The highest BCUT2D eigenvalue weighted by atomic mass is 16.2. The summed E-state index contributed by atoms with van der Waals surface area (Å²) in [6.07, 6.45) is 4.30. The Labute approximate surface area is 169 Å². The molecule has 8 heteroatoms. The highest BCUT2D eigenvalue weighted by Gasteiger charge is 2.32. The second-order valence-electron chi connectivity index (χ2n) is 9.12. The second-order valence-corrected chi connectivity index (χ2v) is 9.12. The topological polar surface area (TPSA) is 107 Å². The molecule has 2 amide bonds. The molecule has 2 aliphatic heterocycles. The lowest BCUT2D eigenvalue weighted by Gasteiger charge is -2.26. The first kappa shape index (κ1) is 22.7. The molecule has 28 heavy (non-hydrogen) atoms. The van der Waals surface area contributed by atoms with Gasteiger partial charge < -0.3 is 21.3 Å². The summed E-state index contributed by atoms with van der Waals surface area (Å²) in [6, 6.07) is 0. The van der Waals surface area contributed by atoms with Crippen molar-refractivity contribution in [1.29, 1.82) is 0 Å². The number of piperidine rings is 2. The van der Waals surface area contributed by atoms with E-state index >= 15 is 0 Å². The second kappa shape index (κ2) is 10.3. The minimum absolute atomic E-state index is 0.152. The lowest BCUT2D eigenvalue weighted by molar-refractivity contribution is -0.127. The van der Waals surface area contributed by atoms with E-state index in [1.165, 1.54) is 0 Å². The molecule has 2 saturated heterocycles. The molecule has 2 fully saturated rings. The summed E-state index contributed by atoms with van der Waals surface area (Å²) in [6.45, 7) is 12.3. The van der Waals surface area contributed by atoms with Crippen molar-refractivity contribution in [2.24, 2.45) is 22.1 Å². The summed E-state index contributed by atoms with van der Waals surface area (Å²) in [4.78, 5) is 25.1. The zero-order valence-corrected chi connectivity index (χ0v) is 17.9. The molecule has 0 unspecified atom stereocenters. The fourth-order valence-electron chi connectivity index (χ4n) is 3.42. The Morgan fingerprint density at radius 3 is 1.39 bits per heavy atom. The summed E-state index contributed by atoms with van der Waals surface area (Å²) in [5, 5.41) is 21.1. The van der Waals surface area contributed by atoms with E-state index in [-0.39, 0.29) is 11.8 Å². The molecule has 0 bridgehead atoms. The fraction of sp³-hybridized carbons (Fsp3) is 0.900. The van der Waals surface area contributed by atoms with Crippen LogP contribution in [0.3, 0.4) is 0 Å². The normalized spacial score (nSPS) is 20.3. The van der Waals surface area contributed by atoms with Crippen LogP contribution in [-0.4, -0.2) is 62.2 Å². The van der Waals surface area contributed by atoms with Crippen LogP contribution < -0.4 is 21.3 Å². The summed E-state index contributed by atoms with van der Waals surface area (Å²) < 4.78 is 0. The van der Waals surface area contributed by atoms with Crippen molar-refractivity contribution in [3.8, 4) is 0 Å². The quantitative estimate of drug-likeness (QED) is 0.465. The number of azo groups is 1. The molecular formula is C20H38N6O2. The molecule has 0 saturated carbocycles. The van der Waals surface area contributed by atoms with Gasteiger partial charge in [-0.3, -0.25) is 9.59 Å². The van der Waals surface area contributed by atoms with E-state index in [0.29, 0.717) is 24.9 Å². The average molecular weight is 395 g/mol. The molecule has 0 aromatic carbocycles. The minimum atomic E-state index is -1.00. The summed E-state index contributed by atoms with van der Waals surface area (Å²) >= 11 is 0. The Kier molecular flexibility index (Phi) is 8.37. The van der Waals surface area contributed by atoms with Crippen molar-refractivity contribution in [2.75, 3.05) is 39.3 Å². The molecule has 0 atom stereocenters. The highest BCUT2D eigenvalue weighted by molar-refractivity contribution is 5.86. The van der Waals surface area contributed by atoms with Crippen molar-refractivity contribution < 1.29 is 9.59 Å². The molecule has 2 rings (SSSR count). The van der Waals surface area contributed by atoms with Gasteiger partial charge in [0.1, 0.15) is 0 Å². The maximum Gasteiger partial charge on any atom is 0.249 e. The number of hydrogen-bond donors (Lipinski definition) is 4. The fourth-order valence-corrected chi connectivity index (χ4v) is 3.42. The van der Waals surface area contributed by atoms with Gasteiger partial charge in [-0.15, -0.1) is 0 Å². The van der Waals surface area contributed by atoms with E-state index in [4.69, 9.17) is 0 Å². The van der Waals surface area contributed by atoms with Crippen molar-refractivity contribution >= 4 is 11.8 Å². The smallest absolute Gasteiger partial charge is 0.249 e. The van der Waals surface area contributed by atoms with Crippen LogP contribution in [0.2, 0.25) is 0 Å². The van der Waals surface area contributed by atoms with Gasteiger partial charge in [-0.2, -0.15) is 10.2 Å². The highest BCUT2D eigenvalue weighted by Crippen LogP contribution is 2.18. The standard InChI is InChI=1S/C20H38N6O2/c1-19(2,17(27)23-13-15-5-9-21-10-6-15)25-26-20(3,4)18(28)24-14-16-7-11-22-12-8-16/h15-16,21-22H,5-14H2,1-4H3,(H,23,27)(H,24,28). The maximum absolute atomic E-state index is 12.5. The number of carbonyl (C=O) groups is 2. The summed E-state index contributed by atoms with van der Waals surface area (Å²) in [5.74, 6) is 0.715. The van der Waals surface area contributed by atoms with Gasteiger partial charge in [-0.25, -0.2) is 0 Å². The van der Waals surface area contributed by atoms with E-state index in [1.54, 1.807) is 27.7 Å². The molecule has 2 aliphatic rings. The van der Waals surface area contributed by atoms with E-state index in [1.807, 2.05) is 0 Å². The first-order valence-corrected chi connectivity index (χ1v) is 10.6. The average Bonchev–Trinajstić information content (AvgIpc) is 2.70. The number of carbonyl (C=O) groups excluding carboxylic acids is 2. The molecule has 2 heterocycles. The van der Waals surface area contributed by atoms with E-state index in [2.05, 4.69) is 31.5 Å². The van der Waals surface area contributed by atoms with Gasteiger partial charge in [0.2, 0.25) is 11.8 Å². The van der Waals surface area contributed by atoms with Gasteiger partial charge in [-0.05, 0) is 91.4 Å². The number of rotatable bonds is 8. The van der Waals surface area contributed by atoms with Crippen molar-refractivity contribution in [2.45, 2.75) is 64.5 Å². The van der Waals surface area contributed by atoms with Crippen molar-refractivity contribution in [3.05, 3.63) is 0 Å². The van der Waals surface area contributed by atoms with Crippen LogP contribution in [0.1, 0.15) is 53.4 Å². The Morgan fingerprint density at radius 2 is 1.07 bits per heavy atom. The molecule has 0 spiro atoms. The van der Waals surface area contributed by atoms with Crippen molar-refractivity contribution in [3.63, 3.8) is 0 Å². The summed E-state index contributed by atoms with van der Waals surface area (Å²) in [5.41, 5.74) is -2.00. The van der Waals surface area contributed by atoms with Crippen LogP contribution in [0.4, 0.5) is 0 Å². The molecule has 0 aromatic rings. The Hall–Kier alpha value is -1.54. The molecule has 0 radical (unpaired) electrons. The third-order valence-corrected chi connectivity index (χ3v) is 5.68. The zero-order chi connectivity index (χ0) is 20.6. The van der Waals surface area contributed by atoms with E-state index in [0.717, 1.165) is 51.9 Å². The minimum Gasteiger partial charge on any atom is -0.354 e. The molecule has 160 valence electrons. The number of amides is 2. The molecule has 0 aliphatic carbocycles. The third kappa shape index (κ3) is 7.13. The van der Waals surface area contributed by atoms with Crippen LogP contribution in [0.5, 0.6) is 0 Å². The van der Waals surface area contributed by atoms with Gasteiger partial charge in [-0.1, -0.05) is 0 Å². The lowest BCUT2D eigenvalue weighted by atomic mass is 9.97. The van der Waals surface area contributed by atoms with Crippen LogP contribution in [0, 0.1) is 11.8 Å². The monoisotopic (exact) mass is 394 g/mol. The predicted molar refractivity (Wildman–Crippen MR) is 110 cm³/mol. The molecule has 8 nitrogen and oxygen atoms in total. The first-order chi connectivity index (χ1) is 13.2. The molecule has 0 aromatic heterocycles. The van der Waals surface area contributed by atoms with Crippen LogP contribution >= 0.6 is 0 Å². The van der Waals surface area contributed by atoms with Crippen molar-refractivity contribution in [1.82, 2.24) is 21.3 Å². The zero-order valence-electron chi connectivity index (χ0n) is 17.9. The largest absolute Gasteiger partial charge is 0.354 e. The van der Waals surface area contributed by atoms with Gasteiger partial charge in [0.15, 0.2) is 11.1 Å². The van der Waals surface area contributed by atoms with Gasteiger partial charge in [0.25, 0.3) is 0 Å². The van der Waals surface area contributed by atoms with E-state index < -0.39 is 11.1 Å². The summed E-state index contributed by atoms with van der Waals surface area (Å²) in [7, 11) is 0. The van der Waals surface area contributed by atoms with Crippen LogP contribution in [-0.2, 0) is 9.59 Å². The van der Waals surface area contributed by atoms with Gasteiger partial charge in [0.05, 0.1) is 0 Å². The van der Waals surface area contributed by atoms with Gasteiger partial charge in [0, 0.05) is 13.1 Å². The third-order valence-electron chi connectivity index (χ3n) is 5.68. The Bertz CT molecular complexity index is 501. The van der Waals surface area contributed by atoms with E-state index in [9.17, 15) is 9.59 Å². The Balaban J connectivity index is 1.81. The lowest BCUT2D eigenvalue weighted by Crippen LogP contribution is -2.46. The maximum atomic E-state index is 12.5. The predicted octanol–water partition coefficient (Wildman–Crippen LogP) is 1.23. The molecular weight excluding hydrogens is 356 g/mol. The SMILES string of the molecule is CC(C)(N=NC(C)(C)C(=O)NCC1CCNCC1)C(=O)NCC1CCNCC1. The molecule has 4 N–H and O–H groups in total. The first-order valence-electron chi connectivity index (χ1n) is 10.6. The number of hydrogen-bond acceptors (Lipinski definition) is 6. The van der Waals surface area contributed by atoms with Gasteiger partial charge >= 0.3 is 0 Å². The van der Waals surface area contributed by atoms with Crippen LogP contribution in [0.25, 0.3) is 0 Å². The Morgan fingerprint density at radius 1 is 0.750 bits per heavy atom. The number of nitrogens with one attached hydrogen (secondary N) is 4.